The Labute approximate surface area is 81.0 Å². The standard InChI is InChI=1S/C10H22O3/c1-5-7-13-8-9(11)10(3,6-2)12-4/h9,11H,5-8H2,1-4H3. The van der Waals surface area contributed by atoms with Gasteiger partial charge in [-0.25, -0.2) is 0 Å². The molecule has 2 unspecified atom stereocenters. The summed E-state index contributed by atoms with van der Waals surface area (Å²) in [6.45, 7) is 6.98. The van der Waals surface area contributed by atoms with Crippen LogP contribution in [-0.4, -0.2) is 37.1 Å². The van der Waals surface area contributed by atoms with Crippen LogP contribution in [0.1, 0.15) is 33.6 Å². The van der Waals surface area contributed by atoms with E-state index in [0.717, 1.165) is 12.8 Å². The van der Waals surface area contributed by atoms with E-state index in [4.69, 9.17) is 9.47 Å². The SMILES string of the molecule is CCCOCC(O)C(C)(CC)OC. The van der Waals surface area contributed by atoms with Crippen molar-refractivity contribution in [2.45, 2.75) is 45.3 Å². The summed E-state index contributed by atoms with van der Waals surface area (Å²) in [5.41, 5.74) is -0.478. The Bertz CT molecular complexity index is 121. The highest BCUT2D eigenvalue weighted by Gasteiger charge is 2.30. The van der Waals surface area contributed by atoms with E-state index in [2.05, 4.69) is 0 Å². The maximum Gasteiger partial charge on any atom is 0.106 e. The Balaban J connectivity index is 3.84. The topological polar surface area (TPSA) is 38.7 Å². The van der Waals surface area contributed by atoms with Crippen LogP contribution < -0.4 is 0 Å². The maximum atomic E-state index is 9.74. The number of aliphatic hydroxyl groups is 1. The second kappa shape index (κ2) is 6.35. The van der Waals surface area contributed by atoms with E-state index < -0.39 is 11.7 Å². The van der Waals surface area contributed by atoms with E-state index in [9.17, 15) is 5.11 Å². The first-order valence-corrected chi connectivity index (χ1v) is 4.91. The molecule has 0 aliphatic heterocycles. The maximum absolute atomic E-state index is 9.74. The van der Waals surface area contributed by atoms with Gasteiger partial charge in [0.2, 0.25) is 0 Å². The van der Waals surface area contributed by atoms with Gasteiger partial charge < -0.3 is 14.6 Å². The molecule has 0 aromatic carbocycles. The molecule has 80 valence electrons. The number of hydrogen-bond acceptors (Lipinski definition) is 3. The largest absolute Gasteiger partial charge is 0.388 e. The zero-order valence-electron chi connectivity index (χ0n) is 9.17. The van der Waals surface area contributed by atoms with Gasteiger partial charge in [-0.15, -0.1) is 0 Å². The van der Waals surface area contributed by atoms with E-state index in [0.29, 0.717) is 13.2 Å². The van der Waals surface area contributed by atoms with Crippen LogP contribution >= 0.6 is 0 Å². The summed E-state index contributed by atoms with van der Waals surface area (Å²) in [4.78, 5) is 0. The first-order valence-electron chi connectivity index (χ1n) is 4.91. The third kappa shape index (κ3) is 4.07. The Hall–Kier alpha value is -0.120. The lowest BCUT2D eigenvalue weighted by Gasteiger charge is -2.31. The summed E-state index contributed by atoms with van der Waals surface area (Å²) in [7, 11) is 1.62. The van der Waals surface area contributed by atoms with Gasteiger partial charge in [0.05, 0.1) is 12.2 Å². The van der Waals surface area contributed by atoms with Gasteiger partial charge in [-0.3, -0.25) is 0 Å². The van der Waals surface area contributed by atoms with E-state index in [-0.39, 0.29) is 0 Å². The van der Waals surface area contributed by atoms with Gasteiger partial charge in [-0.1, -0.05) is 13.8 Å². The van der Waals surface area contributed by atoms with E-state index in [1.807, 2.05) is 20.8 Å². The molecule has 3 heteroatoms. The summed E-state index contributed by atoms with van der Waals surface area (Å²) in [5, 5.41) is 9.74. The summed E-state index contributed by atoms with van der Waals surface area (Å²) >= 11 is 0. The highest BCUT2D eigenvalue weighted by atomic mass is 16.5. The van der Waals surface area contributed by atoms with Gasteiger partial charge in [-0.05, 0) is 19.8 Å². The summed E-state index contributed by atoms with van der Waals surface area (Å²) in [5.74, 6) is 0. The van der Waals surface area contributed by atoms with Crippen molar-refractivity contribution in [2.24, 2.45) is 0 Å². The molecular weight excluding hydrogens is 168 g/mol. The van der Waals surface area contributed by atoms with Gasteiger partial charge in [0, 0.05) is 13.7 Å². The molecule has 0 spiro atoms. The lowest BCUT2D eigenvalue weighted by atomic mass is 9.96. The van der Waals surface area contributed by atoms with Crippen molar-refractivity contribution in [1.82, 2.24) is 0 Å². The van der Waals surface area contributed by atoms with Crippen molar-refractivity contribution in [3.05, 3.63) is 0 Å². The molecule has 0 aliphatic carbocycles. The fourth-order valence-corrected chi connectivity index (χ4v) is 1.03. The average molecular weight is 190 g/mol. The van der Waals surface area contributed by atoms with Crippen molar-refractivity contribution < 1.29 is 14.6 Å². The minimum atomic E-state index is -0.547. The van der Waals surface area contributed by atoms with E-state index in [1.54, 1.807) is 7.11 Å². The minimum absolute atomic E-state index is 0.353. The Morgan fingerprint density at radius 2 is 2.00 bits per heavy atom. The lowest BCUT2D eigenvalue weighted by molar-refractivity contribution is -0.118. The molecule has 0 fully saturated rings. The molecule has 0 saturated carbocycles. The molecule has 1 N–H and O–H groups in total. The zero-order chi connectivity index (χ0) is 10.3. The molecule has 0 heterocycles. The predicted octanol–water partition coefficient (Wildman–Crippen LogP) is 1.59. The highest BCUT2D eigenvalue weighted by Crippen LogP contribution is 2.19. The molecule has 0 aromatic heterocycles. The molecule has 0 radical (unpaired) electrons. The third-order valence-corrected chi connectivity index (χ3v) is 2.50. The molecule has 0 aliphatic rings. The summed E-state index contributed by atoms with van der Waals surface area (Å²) < 4.78 is 10.5. The van der Waals surface area contributed by atoms with Crippen molar-refractivity contribution in [3.8, 4) is 0 Å². The van der Waals surface area contributed by atoms with Crippen LogP contribution in [0.25, 0.3) is 0 Å². The molecular formula is C10H22O3. The van der Waals surface area contributed by atoms with Gasteiger partial charge in [0.1, 0.15) is 6.10 Å². The molecule has 0 aromatic rings. The second-order valence-corrected chi connectivity index (χ2v) is 3.46. The van der Waals surface area contributed by atoms with Crippen molar-refractivity contribution >= 4 is 0 Å². The number of rotatable bonds is 7. The quantitative estimate of drug-likeness (QED) is 0.620. The van der Waals surface area contributed by atoms with Crippen LogP contribution in [0.4, 0.5) is 0 Å². The number of aliphatic hydroxyl groups excluding tert-OH is 1. The highest BCUT2D eigenvalue weighted by molar-refractivity contribution is 4.81. The summed E-state index contributed by atoms with van der Waals surface area (Å²) in [6.07, 6.45) is 1.21. The van der Waals surface area contributed by atoms with E-state index >= 15 is 0 Å². The first kappa shape index (κ1) is 12.9. The van der Waals surface area contributed by atoms with Crippen LogP contribution in [-0.2, 0) is 9.47 Å². The molecule has 0 saturated heterocycles. The van der Waals surface area contributed by atoms with Gasteiger partial charge in [0.15, 0.2) is 0 Å². The lowest BCUT2D eigenvalue weighted by Crippen LogP contribution is -2.43. The Morgan fingerprint density at radius 1 is 1.38 bits per heavy atom. The molecule has 13 heavy (non-hydrogen) atoms. The van der Waals surface area contributed by atoms with Gasteiger partial charge in [0.25, 0.3) is 0 Å². The zero-order valence-corrected chi connectivity index (χ0v) is 9.17. The molecule has 0 rings (SSSR count). The van der Waals surface area contributed by atoms with Crippen LogP contribution in [0.5, 0.6) is 0 Å². The molecule has 2 atom stereocenters. The fourth-order valence-electron chi connectivity index (χ4n) is 1.03. The van der Waals surface area contributed by atoms with Crippen LogP contribution in [0.15, 0.2) is 0 Å². The molecule has 0 amide bonds. The first-order chi connectivity index (χ1) is 6.10. The average Bonchev–Trinajstić information content (AvgIpc) is 2.17. The van der Waals surface area contributed by atoms with Gasteiger partial charge >= 0.3 is 0 Å². The van der Waals surface area contributed by atoms with Crippen molar-refractivity contribution in [1.29, 1.82) is 0 Å². The minimum Gasteiger partial charge on any atom is -0.388 e. The van der Waals surface area contributed by atoms with Crippen LogP contribution in [0.2, 0.25) is 0 Å². The Morgan fingerprint density at radius 3 is 2.38 bits per heavy atom. The van der Waals surface area contributed by atoms with Gasteiger partial charge in [-0.2, -0.15) is 0 Å². The normalized spacial score (nSPS) is 18.2. The smallest absolute Gasteiger partial charge is 0.106 e. The second-order valence-electron chi connectivity index (χ2n) is 3.46. The monoisotopic (exact) mass is 190 g/mol. The molecule has 0 bridgehead atoms. The Kier molecular flexibility index (Phi) is 6.29. The number of methoxy groups -OCH3 is 1. The van der Waals surface area contributed by atoms with Crippen LogP contribution in [0.3, 0.4) is 0 Å². The fraction of sp³-hybridized carbons (Fsp3) is 1.00. The van der Waals surface area contributed by atoms with Crippen molar-refractivity contribution in [3.63, 3.8) is 0 Å². The third-order valence-electron chi connectivity index (χ3n) is 2.50. The predicted molar refractivity (Wildman–Crippen MR) is 52.8 cm³/mol. The van der Waals surface area contributed by atoms with Crippen molar-refractivity contribution in [2.75, 3.05) is 20.3 Å². The number of hydrogen-bond donors (Lipinski definition) is 1. The van der Waals surface area contributed by atoms with Crippen LogP contribution in [0, 0.1) is 0 Å². The molecule has 3 nitrogen and oxygen atoms in total. The van der Waals surface area contributed by atoms with E-state index in [1.165, 1.54) is 0 Å². The number of ether oxygens (including phenoxy) is 2. The summed E-state index contributed by atoms with van der Waals surface area (Å²) in [6, 6.07) is 0.